The van der Waals surface area contributed by atoms with Crippen LogP contribution in [0.25, 0.3) is 0 Å². The van der Waals surface area contributed by atoms with Crippen molar-refractivity contribution in [3.8, 4) is 11.5 Å². The number of hydrogen-bond donors (Lipinski definition) is 1. The molecule has 0 spiro atoms. The molecule has 0 saturated carbocycles. The zero-order valence-electron chi connectivity index (χ0n) is 19.3. The van der Waals surface area contributed by atoms with Crippen molar-refractivity contribution in [1.29, 1.82) is 0 Å². The van der Waals surface area contributed by atoms with E-state index in [9.17, 15) is 17.6 Å². The second kappa shape index (κ2) is 10.2. The first-order valence-corrected chi connectivity index (χ1v) is 11.7. The summed E-state index contributed by atoms with van der Waals surface area (Å²) in [5.74, 6) is -0.356. The Morgan fingerprint density at radius 2 is 1.75 bits per heavy atom. The van der Waals surface area contributed by atoms with Crippen molar-refractivity contribution in [3.63, 3.8) is 0 Å². The Bertz CT molecular complexity index is 1030. The number of amides is 2. The van der Waals surface area contributed by atoms with Crippen LogP contribution in [-0.4, -0.2) is 38.0 Å². The Morgan fingerprint density at radius 1 is 1.12 bits per heavy atom. The molecule has 0 unspecified atom stereocenters. The molecule has 2 aromatic rings. The third-order valence-corrected chi connectivity index (χ3v) is 6.00. The fraction of sp³-hybridized carbons (Fsp3) is 0.435. The van der Waals surface area contributed by atoms with Crippen molar-refractivity contribution >= 4 is 16.1 Å². The highest BCUT2D eigenvalue weighted by molar-refractivity contribution is 7.87. The molecular weight excluding hydrogens is 435 g/mol. The van der Waals surface area contributed by atoms with E-state index in [1.807, 2.05) is 34.6 Å². The van der Waals surface area contributed by atoms with E-state index in [4.69, 9.17) is 8.92 Å². The van der Waals surface area contributed by atoms with E-state index in [1.54, 1.807) is 17.0 Å². The molecular formula is C23H31FN2O5S. The molecule has 1 atom stereocenters. The van der Waals surface area contributed by atoms with Crippen LogP contribution >= 0.6 is 0 Å². The number of ether oxygens (including phenoxy) is 1. The van der Waals surface area contributed by atoms with Gasteiger partial charge in [0.2, 0.25) is 0 Å². The summed E-state index contributed by atoms with van der Waals surface area (Å²) < 4.78 is 49.0. The maximum atomic E-state index is 13.2. The molecule has 2 amide bonds. The molecule has 0 fully saturated rings. The fourth-order valence-electron chi connectivity index (χ4n) is 2.89. The normalized spacial score (nSPS) is 12.7. The molecule has 176 valence electrons. The van der Waals surface area contributed by atoms with Crippen LogP contribution in [0.3, 0.4) is 0 Å². The average molecular weight is 467 g/mol. The molecule has 0 aliphatic rings. The van der Waals surface area contributed by atoms with Crippen molar-refractivity contribution in [3.05, 3.63) is 53.8 Å². The van der Waals surface area contributed by atoms with E-state index in [2.05, 4.69) is 5.32 Å². The summed E-state index contributed by atoms with van der Waals surface area (Å²) in [7, 11) is -2.81. The highest BCUT2D eigenvalue weighted by Gasteiger charge is 2.25. The van der Waals surface area contributed by atoms with Crippen LogP contribution in [0.2, 0.25) is 0 Å². The molecule has 0 radical (unpaired) electrons. The van der Waals surface area contributed by atoms with Crippen molar-refractivity contribution in [2.45, 2.75) is 64.1 Å². The number of carbonyl (C=O) groups excluding carboxylic acids is 1. The van der Waals surface area contributed by atoms with Gasteiger partial charge in [-0.3, -0.25) is 0 Å². The zero-order chi connectivity index (χ0) is 24.1. The second-order valence-electron chi connectivity index (χ2n) is 8.54. The van der Waals surface area contributed by atoms with Crippen LogP contribution in [-0.2, 0) is 16.7 Å². The number of benzene rings is 2. The van der Waals surface area contributed by atoms with Crippen LogP contribution < -0.4 is 14.2 Å². The van der Waals surface area contributed by atoms with Gasteiger partial charge in [0, 0.05) is 18.1 Å². The Labute approximate surface area is 189 Å². The molecule has 0 aliphatic carbocycles. The lowest BCUT2D eigenvalue weighted by atomic mass is 10.1. The minimum absolute atomic E-state index is 0.0188. The fourth-order valence-corrected chi connectivity index (χ4v) is 3.82. The number of urea groups is 1. The van der Waals surface area contributed by atoms with Gasteiger partial charge in [0.15, 0.2) is 11.5 Å². The van der Waals surface area contributed by atoms with Gasteiger partial charge in [-0.05, 0) is 76.1 Å². The van der Waals surface area contributed by atoms with Crippen LogP contribution in [0.4, 0.5) is 9.18 Å². The minimum Gasteiger partial charge on any atom is -0.493 e. The third kappa shape index (κ3) is 6.85. The maximum absolute atomic E-state index is 13.2. The standard InChI is InChI=1S/C23H31FN2O5S/c1-7-16(2)26(22(27)25-23(3,4)5)15-17-8-13-20(30-6)21(14-17)31-32(28,29)19-11-9-18(24)10-12-19/h8-14,16H,7,15H2,1-6H3,(H,25,27)/t16-/m0/s1. The Balaban J connectivity index is 2.35. The van der Waals surface area contributed by atoms with Gasteiger partial charge < -0.3 is 19.1 Å². The van der Waals surface area contributed by atoms with E-state index < -0.39 is 21.5 Å². The predicted molar refractivity (Wildman–Crippen MR) is 121 cm³/mol. The van der Waals surface area contributed by atoms with Crippen molar-refractivity contribution in [2.24, 2.45) is 0 Å². The molecule has 1 N–H and O–H groups in total. The number of nitrogens with one attached hydrogen (secondary N) is 1. The molecule has 2 aromatic carbocycles. The summed E-state index contributed by atoms with van der Waals surface area (Å²) in [5.41, 5.74) is 0.264. The molecule has 0 aliphatic heterocycles. The van der Waals surface area contributed by atoms with Crippen LogP contribution in [0.1, 0.15) is 46.6 Å². The minimum atomic E-state index is -4.21. The SMILES string of the molecule is CC[C@H](C)N(Cc1ccc(OC)c(OS(=O)(=O)c2ccc(F)cc2)c1)C(=O)NC(C)(C)C. The average Bonchev–Trinajstić information content (AvgIpc) is 2.70. The van der Waals surface area contributed by atoms with Crippen LogP contribution in [0.5, 0.6) is 11.5 Å². The van der Waals surface area contributed by atoms with Gasteiger partial charge in [-0.2, -0.15) is 8.42 Å². The molecule has 0 heterocycles. The van der Waals surface area contributed by atoms with Gasteiger partial charge in [0.1, 0.15) is 10.7 Å². The van der Waals surface area contributed by atoms with Crippen molar-refractivity contribution < 1.29 is 26.5 Å². The van der Waals surface area contributed by atoms with Crippen molar-refractivity contribution in [2.75, 3.05) is 7.11 Å². The van der Waals surface area contributed by atoms with E-state index in [1.165, 1.54) is 13.2 Å². The summed E-state index contributed by atoms with van der Waals surface area (Å²) in [6.45, 7) is 9.88. The molecule has 0 bridgehead atoms. The molecule has 0 saturated heterocycles. The molecule has 7 nitrogen and oxygen atoms in total. The maximum Gasteiger partial charge on any atom is 0.339 e. The topological polar surface area (TPSA) is 84.9 Å². The lowest BCUT2D eigenvalue weighted by Gasteiger charge is -2.32. The Kier molecular flexibility index (Phi) is 8.12. The summed E-state index contributed by atoms with van der Waals surface area (Å²) in [4.78, 5) is 14.3. The molecule has 0 aromatic heterocycles. The molecule has 32 heavy (non-hydrogen) atoms. The van der Waals surface area contributed by atoms with Gasteiger partial charge in [-0.25, -0.2) is 9.18 Å². The number of rotatable bonds is 8. The van der Waals surface area contributed by atoms with Gasteiger partial charge in [-0.15, -0.1) is 0 Å². The predicted octanol–water partition coefficient (Wildman–Crippen LogP) is 4.71. The first-order valence-electron chi connectivity index (χ1n) is 10.3. The van der Waals surface area contributed by atoms with Crippen LogP contribution in [0, 0.1) is 5.82 Å². The highest BCUT2D eigenvalue weighted by Crippen LogP contribution is 2.31. The highest BCUT2D eigenvalue weighted by atomic mass is 32.2. The zero-order valence-corrected chi connectivity index (χ0v) is 20.1. The first kappa shape index (κ1) is 25.5. The van der Waals surface area contributed by atoms with Crippen molar-refractivity contribution in [1.82, 2.24) is 10.2 Å². The summed E-state index contributed by atoms with van der Waals surface area (Å²) in [5, 5.41) is 2.96. The van der Waals surface area contributed by atoms with Gasteiger partial charge in [0.25, 0.3) is 0 Å². The molecule has 2 rings (SSSR count). The summed E-state index contributed by atoms with van der Waals surface area (Å²) in [6, 6.07) is 8.93. The van der Waals surface area contributed by atoms with Gasteiger partial charge >= 0.3 is 16.1 Å². The first-order chi connectivity index (χ1) is 14.9. The molecule has 9 heteroatoms. The summed E-state index contributed by atoms with van der Waals surface area (Å²) >= 11 is 0. The third-order valence-electron chi connectivity index (χ3n) is 4.75. The second-order valence-corrected chi connectivity index (χ2v) is 10.1. The lowest BCUT2D eigenvalue weighted by Crippen LogP contribution is -2.50. The number of halogens is 1. The lowest BCUT2D eigenvalue weighted by molar-refractivity contribution is 0.165. The Hall–Kier alpha value is -2.81. The summed E-state index contributed by atoms with van der Waals surface area (Å²) in [6.07, 6.45) is 0.746. The number of methoxy groups -OCH3 is 1. The van der Waals surface area contributed by atoms with E-state index >= 15 is 0 Å². The van der Waals surface area contributed by atoms with E-state index in [0.717, 1.165) is 30.7 Å². The number of carbonyl (C=O) groups is 1. The van der Waals surface area contributed by atoms with Crippen LogP contribution in [0.15, 0.2) is 47.4 Å². The smallest absolute Gasteiger partial charge is 0.339 e. The van der Waals surface area contributed by atoms with Gasteiger partial charge in [0.05, 0.1) is 7.11 Å². The monoisotopic (exact) mass is 466 g/mol. The number of nitrogens with zero attached hydrogens (tertiary/aromatic N) is 1. The van der Waals surface area contributed by atoms with E-state index in [-0.39, 0.29) is 35.0 Å². The number of hydrogen-bond acceptors (Lipinski definition) is 5. The Morgan fingerprint density at radius 3 is 2.28 bits per heavy atom. The quantitative estimate of drug-likeness (QED) is 0.570. The largest absolute Gasteiger partial charge is 0.493 e. The van der Waals surface area contributed by atoms with Gasteiger partial charge in [-0.1, -0.05) is 13.0 Å². The van der Waals surface area contributed by atoms with E-state index in [0.29, 0.717) is 5.56 Å².